The summed E-state index contributed by atoms with van der Waals surface area (Å²) < 4.78 is 21.5. The summed E-state index contributed by atoms with van der Waals surface area (Å²) in [7, 11) is 33.8. The van der Waals surface area contributed by atoms with Gasteiger partial charge in [-0.3, -0.25) is 0 Å². The van der Waals surface area contributed by atoms with Gasteiger partial charge in [0.1, 0.15) is 15.9 Å². The van der Waals surface area contributed by atoms with Crippen molar-refractivity contribution in [2.75, 3.05) is 22.9 Å². The second-order valence-electron chi connectivity index (χ2n) is 29.3. The van der Waals surface area contributed by atoms with Crippen LogP contribution in [0.2, 0.25) is 0 Å². The van der Waals surface area contributed by atoms with Gasteiger partial charge in [-0.25, -0.2) is 0 Å². The molecular weight excluding hydrogens is 1910 g/mol. The van der Waals surface area contributed by atoms with Crippen LogP contribution in [0.4, 0.5) is 28.4 Å². The van der Waals surface area contributed by atoms with E-state index in [2.05, 4.69) is 173 Å². The van der Waals surface area contributed by atoms with E-state index in [-0.39, 0.29) is 87.9 Å². The Morgan fingerprint density at radius 2 is 0.619 bits per heavy atom. The Labute approximate surface area is 751 Å². The number of hydrogen-bond acceptors (Lipinski definition) is 11. The van der Waals surface area contributed by atoms with Crippen LogP contribution in [0.25, 0.3) is 0 Å². The number of nitro benzene ring substituents is 3. The number of anilines is 2. The number of hydrogen-bond donors (Lipinski definition) is 0. The van der Waals surface area contributed by atoms with Gasteiger partial charge in [0.05, 0.1) is 24.9 Å². The zero-order chi connectivity index (χ0) is 81.6. The number of nitro groups is 3. The third kappa shape index (κ3) is 36.8. The first-order chi connectivity index (χ1) is 53.5. The molecule has 8 aromatic rings. The second-order valence-corrected chi connectivity index (χ2v) is 52.4. The van der Waals surface area contributed by atoms with Crippen molar-refractivity contribution in [3.05, 3.63) is 257 Å². The molecule has 0 amide bonds. The van der Waals surface area contributed by atoms with Crippen molar-refractivity contribution < 1.29 is 69.5 Å². The maximum Gasteiger partial charge on any atom is 0.102 e. The van der Waals surface area contributed by atoms with Crippen molar-refractivity contribution in [1.29, 1.82) is 0 Å². The number of benzene rings is 8. The van der Waals surface area contributed by atoms with Crippen LogP contribution < -0.4 is 39.9 Å². The van der Waals surface area contributed by atoms with Crippen LogP contribution in [0.1, 0.15) is 232 Å². The van der Waals surface area contributed by atoms with Gasteiger partial charge in [0.25, 0.3) is 0 Å². The number of rotatable bonds is 20. The molecule has 4 aliphatic rings. The van der Waals surface area contributed by atoms with E-state index in [1.807, 2.05) is 41.5 Å². The fourth-order valence-electron chi connectivity index (χ4n) is 15.2. The molecule has 118 heavy (non-hydrogen) atoms. The number of ether oxygens (including phenoxy) is 3. The van der Waals surface area contributed by atoms with E-state index in [1.54, 1.807) is 128 Å². The van der Waals surface area contributed by atoms with E-state index >= 15 is 0 Å². The van der Waals surface area contributed by atoms with Crippen LogP contribution in [0.5, 0.6) is 17.2 Å². The molecule has 0 spiro atoms. The summed E-state index contributed by atoms with van der Waals surface area (Å²) >= 11 is -6.14. The molecule has 0 unspecified atom stereocenters. The number of nitrogens with zero attached hydrogens (tertiary/aromatic N) is 5. The van der Waals surface area contributed by atoms with Gasteiger partial charge in [-0.1, -0.05) is 154 Å². The molecule has 0 atom stereocenters. The Morgan fingerprint density at radius 3 is 0.831 bits per heavy atom. The molecule has 12 rings (SSSR count). The minimum absolute atomic E-state index is 0. The molecule has 8 aromatic carbocycles. The molecule has 1 aliphatic heterocycles. The van der Waals surface area contributed by atoms with E-state index < -0.39 is 63.2 Å². The number of aryl methyl sites for hydroxylation is 6. The molecule has 0 aromatic heterocycles. The number of non-ortho nitro benzene ring substituents is 3. The van der Waals surface area contributed by atoms with Crippen molar-refractivity contribution in [2.24, 2.45) is 0 Å². The van der Waals surface area contributed by atoms with Gasteiger partial charge in [0.2, 0.25) is 0 Å². The normalized spacial score (nSPS) is 14.1. The quantitative estimate of drug-likeness (QED) is 0.0234. The molecule has 4 fully saturated rings. The summed E-state index contributed by atoms with van der Waals surface area (Å²) in [6.45, 7) is 28.8. The molecule has 14 nitrogen and oxygen atoms in total. The van der Waals surface area contributed by atoms with Crippen LogP contribution in [0.15, 0.2) is 170 Å². The fraction of sp³-hybridized carbons (Fsp3) is 0.441. The predicted octanol–water partition coefficient (Wildman–Crippen LogP) is 28.5. The first-order valence-corrected chi connectivity index (χ1v) is 57.9. The molecule has 1 saturated heterocycles. The third-order valence-electron chi connectivity index (χ3n) is 19.4. The van der Waals surface area contributed by atoms with E-state index in [9.17, 15) is 30.3 Å². The fourth-order valence-corrected chi connectivity index (χ4v) is 28.4. The molecule has 3 saturated carbocycles. The van der Waals surface area contributed by atoms with E-state index in [1.165, 1.54) is 114 Å². The minimum atomic E-state index is -2.05. The van der Waals surface area contributed by atoms with Gasteiger partial charge in [-0.15, -0.1) is 0 Å². The van der Waals surface area contributed by atoms with E-state index in [0.29, 0.717) is 33.9 Å². The van der Waals surface area contributed by atoms with Crippen LogP contribution in [0, 0.1) is 78.6 Å². The first kappa shape index (κ1) is 111. The topological polar surface area (TPSA) is 164 Å². The van der Waals surface area contributed by atoms with Crippen LogP contribution in [-0.4, -0.2) is 77.0 Å². The van der Waals surface area contributed by atoms with Gasteiger partial charge in [0, 0.05) is 32.4 Å². The summed E-state index contributed by atoms with van der Waals surface area (Å²) in [4.78, 5) is 35.4. The summed E-state index contributed by atoms with van der Waals surface area (Å²) in [5.74, 6) is 1.68. The second kappa shape index (κ2) is 57.5. The molecule has 660 valence electrons. The zero-order valence-electron chi connectivity index (χ0n) is 66.2. The average Bonchev–Trinajstić information content (AvgIpc) is 1.63. The SMILES string of the molecule is C.C.C.C.C.C.C1CCC([PH+](C2CCCCC2)C2CCCCC2)CC1.CC(C)Oc1ccc([N+](=O)[O-])cc1[CH]=[Ru]([Cl])[Cl].CC(C)Oc1ccc([N+](=O)[O-])cc1[CH]=[Ru]([Cl])[Cl].CC(C)Oc1ccc([N+](=O)[O-])cc1[CH]=[Ru]([Cl])[Cl].Cc1cc(C)c(N2[CH-]N(c3c(C)cc(C)cc3C)CC2)c(C)c1.c1ccc([PH+](c2ccccc2)c2ccccc2)cc1. The Morgan fingerprint density at radius 1 is 0.381 bits per heavy atom. The predicted molar refractivity (Wildman–Crippen MR) is 513 cm³/mol. The monoisotopic (exact) mass is 2040 g/mol. The summed E-state index contributed by atoms with van der Waals surface area (Å²) in [6.07, 6.45) is 23.7. The molecule has 0 bridgehead atoms. The Bertz CT molecular complexity index is 3980. The van der Waals surface area contributed by atoms with Gasteiger partial charge < -0.3 is 9.80 Å². The van der Waals surface area contributed by atoms with E-state index in [0.717, 1.165) is 13.1 Å². The zero-order valence-corrected chi connectivity index (χ0v) is 77.9. The van der Waals surface area contributed by atoms with Crippen molar-refractivity contribution in [1.82, 2.24) is 0 Å². The maximum atomic E-state index is 10.7. The third-order valence-corrected chi connectivity index (χ3v) is 32.2. The van der Waals surface area contributed by atoms with E-state index in [4.69, 9.17) is 72.4 Å². The summed E-state index contributed by atoms with van der Waals surface area (Å²) in [5.41, 5.74) is 16.2. The summed E-state index contributed by atoms with van der Waals surface area (Å²) in [5, 5.41) is 36.3. The minimum Gasteiger partial charge on any atom is -0.502 e. The molecule has 0 radical (unpaired) electrons. The van der Waals surface area contributed by atoms with Gasteiger partial charge in [-0.2, -0.15) is 6.67 Å². The van der Waals surface area contributed by atoms with Gasteiger partial charge >= 0.3 is 337 Å². The maximum absolute atomic E-state index is 10.7. The Hall–Kier alpha value is -4.96. The van der Waals surface area contributed by atoms with Crippen LogP contribution in [-0.2, 0) is 40.6 Å². The number of halogens is 6. The average molecular weight is 2040 g/mol. The molecule has 1 heterocycles. The Balaban J connectivity index is 0.000000703. The largest absolute Gasteiger partial charge is 0.502 e. The standard InChI is InChI=1S/C21H27N2.C18H33P.C18H15P.3C10H11NO3.6CH4.6ClH.3Ru/c1-14-9-16(3)20(17(4)10-14)22-7-8-23(13-22)21-18(5)11-15(2)12-19(21)6;2*1-4-10-16(11-5-1)19(17-12-6-2-7-13-17)18-14-8-3-9-15-18;3*1-7(2)14-10-5-4-9(11(12)13)6-8(10)3;;;;;;;;;;;;;;;/h9-13H,7-8H2,1-6H3;16-18H,1-15H2;1-15H;3*3-7H,1-2H3;6*1H4;6*1H;;;/q-1;;;;;;;;;;;;;;;;;;3*+2/p-4. The molecular formula is C93H134Cl6N5O9P2Ru3+. The smallest absolute Gasteiger partial charge is 0.102 e. The van der Waals surface area contributed by atoms with Crippen LogP contribution >= 0.6 is 74.0 Å². The summed E-state index contributed by atoms with van der Waals surface area (Å²) in [6, 6.07) is 54.8. The van der Waals surface area contributed by atoms with Crippen molar-refractivity contribution in [3.63, 3.8) is 0 Å². The molecule has 25 heteroatoms. The van der Waals surface area contributed by atoms with Crippen LogP contribution in [0.3, 0.4) is 0 Å². The Kier molecular flexibility index (Phi) is 54.1. The van der Waals surface area contributed by atoms with Gasteiger partial charge in [0.15, 0.2) is 0 Å². The van der Waals surface area contributed by atoms with Crippen molar-refractivity contribution >= 4 is 132 Å². The van der Waals surface area contributed by atoms with Gasteiger partial charge in [-0.05, 0) is 177 Å². The molecule has 3 aliphatic carbocycles. The first-order valence-electron chi connectivity index (χ1n) is 38.2. The molecule has 0 N–H and O–H groups in total. The van der Waals surface area contributed by atoms with Crippen molar-refractivity contribution in [3.8, 4) is 17.2 Å². The van der Waals surface area contributed by atoms with Crippen molar-refractivity contribution in [2.45, 2.75) is 259 Å².